The lowest BCUT2D eigenvalue weighted by Crippen LogP contribution is -2.53. The minimum atomic E-state index is -0.0218. The molecule has 0 bridgehead atoms. The van der Waals surface area contributed by atoms with Crippen LogP contribution in [0.25, 0.3) is 0 Å². The average molecular weight is 222 g/mol. The maximum Gasteiger partial charge on any atom is 0.240 e. The zero-order valence-corrected chi connectivity index (χ0v) is 10.3. The van der Waals surface area contributed by atoms with Crippen molar-refractivity contribution in [3.05, 3.63) is 0 Å². The molecule has 3 heteroatoms. The molecule has 1 rings (SSSR count). The SMILES string of the molecule is C#CC(CCC)N1CCCC(NCC)C1=O. The van der Waals surface area contributed by atoms with Crippen molar-refractivity contribution in [1.82, 2.24) is 10.2 Å². The molecule has 0 radical (unpaired) electrons. The summed E-state index contributed by atoms with van der Waals surface area (Å²) >= 11 is 0. The molecule has 3 nitrogen and oxygen atoms in total. The summed E-state index contributed by atoms with van der Waals surface area (Å²) in [6.07, 6.45) is 9.41. The molecule has 2 unspecified atom stereocenters. The van der Waals surface area contributed by atoms with E-state index in [0.717, 1.165) is 38.8 Å². The molecule has 1 fully saturated rings. The third-order valence-corrected chi connectivity index (χ3v) is 3.05. The Bertz CT molecular complexity index is 268. The molecule has 1 heterocycles. The highest BCUT2D eigenvalue weighted by molar-refractivity contribution is 5.83. The fourth-order valence-corrected chi connectivity index (χ4v) is 2.25. The van der Waals surface area contributed by atoms with Crippen molar-refractivity contribution < 1.29 is 4.79 Å². The smallest absolute Gasteiger partial charge is 0.240 e. The van der Waals surface area contributed by atoms with Crippen molar-refractivity contribution >= 4 is 5.91 Å². The summed E-state index contributed by atoms with van der Waals surface area (Å²) in [6, 6.07) is -0.0367. The number of terminal acetylenes is 1. The maximum atomic E-state index is 12.2. The van der Waals surface area contributed by atoms with E-state index in [4.69, 9.17) is 6.42 Å². The van der Waals surface area contributed by atoms with Crippen molar-refractivity contribution in [2.24, 2.45) is 0 Å². The highest BCUT2D eigenvalue weighted by Gasteiger charge is 2.31. The molecule has 0 aromatic carbocycles. The standard InChI is InChI=1S/C13H22N2O/c1-4-8-11(5-2)15-10-7-9-12(13(15)16)14-6-3/h2,11-12,14H,4,6-10H2,1,3H3. The van der Waals surface area contributed by atoms with E-state index in [1.807, 2.05) is 11.8 Å². The Kier molecular flexibility index (Phi) is 5.34. The number of hydrogen-bond donors (Lipinski definition) is 1. The summed E-state index contributed by atoms with van der Waals surface area (Å²) in [6.45, 7) is 5.77. The molecule has 0 aliphatic carbocycles. The number of rotatable bonds is 5. The van der Waals surface area contributed by atoms with Gasteiger partial charge in [-0.3, -0.25) is 4.79 Å². The summed E-state index contributed by atoms with van der Waals surface area (Å²) < 4.78 is 0. The van der Waals surface area contributed by atoms with E-state index in [2.05, 4.69) is 18.2 Å². The number of likely N-dealkylation sites (N-methyl/N-ethyl adjacent to an activating group) is 1. The molecular weight excluding hydrogens is 200 g/mol. The van der Waals surface area contributed by atoms with Gasteiger partial charge in [0.1, 0.15) is 0 Å². The molecule has 0 spiro atoms. The molecule has 1 aliphatic heterocycles. The van der Waals surface area contributed by atoms with Crippen molar-refractivity contribution in [2.45, 2.75) is 51.6 Å². The third kappa shape index (κ3) is 2.99. The summed E-state index contributed by atoms with van der Waals surface area (Å²) in [5.41, 5.74) is 0. The maximum absolute atomic E-state index is 12.2. The van der Waals surface area contributed by atoms with Crippen LogP contribution in [0, 0.1) is 12.3 Å². The van der Waals surface area contributed by atoms with Gasteiger partial charge in [-0.05, 0) is 25.8 Å². The number of likely N-dealkylation sites (tertiary alicyclic amines) is 1. The Balaban J connectivity index is 2.65. The Morgan fingerprint density at radius 2 is 2.38 bits per heavy atom. The van der Waals surface area contributed by atoms with E-state index in [9.17, 15) is 4.79 Å². The number of carbonyl (C=O) groups is 1. The summed E-state index contributed by atoms with van der Waals surface area (Å²) in [5.74, 6) is 2.93. The van der Waals surface area contributed by atoms with Gasteiger partial charge in [-0.1, -0.05) is 26.2 Å². The van der Waals surface area contributed by atoms with Gasteiger partial charge < -0.3 is 10.2 Å². The van der Waals surface area contributed by atoms with Crippen LogP contribution < -0.4 is 5.32 Å². The lowest BCUT2D eigenvalue weighted by atomic mass is 10.0. The fraction of sp³-hybridized carbons (Fsp3) is 0.769. The summed E-state index contributed by atoms with van der Waals surface area (Å²) in [5, 5.41) is 3.23. The molecule has 1 N–H and O–H groups in total. The second-order valence-corrected chi connectivity index (χ2v) is 4.26. The zero-order chi connectivity index (χ0) is 12.0. The predicted molar refractivity (Wildman–Crippen MR) is 65.9 cm³/mol. The highest BCUT2D eigenvalue weighted by Crippen LogP contribution is 2.17. The molecular formula is C13H22N2O. The van der Waals surface area contributed by atoms with Crippen molar-refractivity contribution in [2.75, 3.05) is 13.1 Å². The van der Waals surface area contributed by atoms with Gasteiger partial charge >= 0.3 is 0 Å². The zero-order valence-electron chi connectivity index (χ0n) is 10.3. The van der Waals surface area contributed by atoms with Crippen LogP contribution in [0.5, 0.6) is 0 Å². The average Bonchev–Trinajstić information content (AvgIpc) is 2.30. The predicted octanol–water partition coefficient (Wildman–Crippen LogP) is 1.39. The van der Waals surface area contributed by atoms with Crippen LogP contribution in [0.4, 0.5) is 0 Å². The van der Waals surface area contributed by atoms with Crippen LogP contribution in [0.1, 0.15) is 39.5 Å². The quantitative estimate of drug-likeness (QED) is 0.713. The number of piperidine rings is 1. The van der Waals surface area contributed by atoms with Crippen LogP contribution in [0.15, 0.2) is 0 Å². The van der Waals surface area contributed by atoms with E-state index in [-0.39, 0.29) is 18.0 Å². The largest absolute Gasteiger partial charge is 0.327 e. The Morgan fingerprint density at radius 3 is 2.94 bits per heavy atom. The van der Waals surface area contributed by atoms with Crippen LogP contribution >= 0.6 is 0 Å². The molecule has 0 aromatic heterocycles. The van der Waals surface area contributed by atoms with Gasteiger partial charge in [-0.25, -0.2) is 0 Å². The van der Waals surface area contributed by atoms with E-state index in [0.29, 0.717) is 0 Å². The van der Waals surface area contributed by atoms with Crippen molar-refractivity contribution in [1.29, 1.82) is 0 Å². The first-order valence-electron chi connectivity index (χ1n) is 6.24. The number of nitrogens with one attached hydrogen (secondary N) is 1. The molecule has 90 valence electrons. The molecule has 2 atom stereocenters. The van der Waals surface area contributed by atoms with Gasteiger partial charge in [0.05, 0.1) is 12.1 Å². The Hall–Kier alpha value is -1.01. The van der Waals surface area contributed by atoms with Gasteiger partial charge in [-0.15, -0.1) is 6.42 Å². The fourth-order valence-electron chi connectivity index (χ4n) is 2.25. The van der Waals surface area contributed by atoms with E-state index >= 15 is 0 Å². The van der Waals surface area contributed by atoms with Crippen LogP contribution in [-0.4, -0.2) is 36.0 Å². The van der Waals surface area contributed by atoms with E-state index in [1.165, 1.54) is 0 Å². The minimum absolute atomic E-state index is 0.0149. The summed E-state index contributed by atoms with van der Waals surface area (Å²) in [4.78, 5) is 14.0. The Labute approximate surface area is 98.6 Å². The van der Waals surface area contributed by atoms with Crippen LogP contribution in [-0.2, 0) is 4.79 Å². The monoisotopic (exact) mass is 222 g/mol. The number of carbonyl (C=O) groups excluding carboxylic acids is 1. The lowest BCUT2D eigenvalue weighted by molar-refractivity contribution is -0.137. The van der Waals surface area contributed by atoms with Crippen LogP contribution in [0.3, 0.4) is 0 Å². The molecule has 1 saturated heterocycles. The second kappa shape index (κ2) is 6.55. The first-order chi connectivity index (χ1) is 7.74. The van der Waals surface area contributed by atoms with Gasteiger partial charge in [0, 0.05) is 6.54 Å². The van der Waals surface area contributed by atoms with Gasteiger partial charge in [0.25, 0.3) is 0 Å². The lowest BCUT2D eigenvalue weighted by Gasteiger charge is -2.36. The number of amides is 1. The third-order valence-electron chi connectivity index (χ3n) is 3.05. The molecule has 1 aliphatic rings. The molecule has 16 heavy (non-hydrogen) atoms. The van der Waals surface area contributed by atoms with Crippen LogP contribution in [0.2, 0.25) is 0 Å². The van der Waals surface area contributed by atoms with Crippen molar-refractivity contribution in [3.8, 4) is 12.3 Å². The number of hydrogen-bond acceptors (Lipinski definition) is 2. The highest BCUT2D eigenvalue weighted by atomic mass is 16.2. The normalized spacial score (nSPS) is 22.9. The van der Waals surface area contributed by atoms with E-state index in [1.54, 1.807) is 0 Å². The minimum Gasteiger partial charge on any atom is -0.327 e. The first kappa shape index (κ1) is 13.1. The van der Waals surface area contributed by atoms with Crippen molar-refractivity contribution in [3.63, 3.8) is 0 Å². The second-order valence-electron chi connectivity index (χ2n) is 4.26. The number of nitrogens with zero attached hydrogens (tertiary/aromatic N) is 1. The van der Waals surface area contributed by atoms with Gasteiger partial charge in [0.2, 0.25) is 5.91 Å². The Morgan fingerprint density at radius 1 is 1.62 bits per heavy atom. The van der Waals surface area contributed by atoms with Gasteiger partial charge in [-0.2, -0.15) is 0 Å². The topological polar surface area (TPSA) is 32.3 Å². The molecule has 0 saturated carbocycles. The van der Waals surface area contributed by atoms with E-state index < -0.39 is 0 Å². The molecule has 1 amide bonds. The van der Waals surface area contributed by atoms with Gasteiger partial charge in [0.15, 0.2) is 0 Å². The first-order valence-corrected chi connectivity index (χ1v) is 6.24. The summed E-state index contributed by atoms with van der Waals surface area (Å²) in [7, 11) is 0. The molecule has 0 aromatic rings.